The van der Waals surface area contributed by atoms with Gasteiger partial charge < -0.3 is 4.90 Å². The summed E-state index contributed by atoms with van der Waals surface area (Å²) in [7, 11) is 0. The molecule has 0 N–H and O–H groups in total. The predicted molar refractivity (Wildman–Crippen MR) is 75.8 cm³/mol. The van der Waals surface area contributed by atoms with E-state index in [1.165, 1.54) is 56.4 Å². The molecular formula is C16H25N. The van der Waals surface area contributed by atoms with Gasteiger partial charge in [-0.15, -0.1) is 0 Å². The largest absolute Gasteiger partial charge is 0.372 e. The first kappa shape index (κ1) is 12.5. The molecule has 0 aromatic heterocycles. The maximum atomic E-state index is 2.53. The summed E-state index contributed by atoms with van der Waals surface area (Å²) in [5.74, 6) is 0.741. The van der Waals surface area contributed by atoms with Gasteiger partial charge in [0.2, 0.25) is 0 Å². The third-order valence-corrected chi connectivity index (χ3v) is 4.07. The maximum Gasteiger partial charge on any atom is 0.0366 e. The van der Waals surface area contributed by atoms with E-state index in [4.69, 9.17) is 0 Å². The van der Waals surface area contributed by atoms with Gasteiger partial charge in [0.1, 0.15) is 0 Å². The Bertz CT molecular complexity index is 318. The van der Waals surface area contributed by atoms with Crippen molar-refractivity contribution in [1.29, 1.82) is 0 Å². The summed E-state index contributed by atoms with van der Waals surface area (Å²) in [5.41, 5.74) is 2.93. The fraction of sp³-hybridized carbons (Fsp3) is 0.625. The molecule has 0 amide bonds. The van der Waals surface area contributed by atoms with Crippen LogP contribution in [0.15, 0.2) is 24.3 Å². The molecule has 1 aromatic rings. The topological polar surface area (TPSA) is 3.24 Å². The van der Waals surface area contributed by atoms with Crippen molar-refractivity contribution in [1.82, 2.24) is 0 Å². The highest BCUT2D eigenvalue weighted by molar-refractivity contribution is 5.48. The molecule has 94 valence electrons. The van der Waals surface area contributed by atoms with Gasteiger partial charge in [0.05, 0.1) is 0 Å². The van der Waals surface area contributed by atoms with Crippen LogP contribution in [0, 0.1) is 0 Å². The average Bonchev–Trinajstić information content (AvgIpc) is 2.42. The number of hydrogen-bond acceptors (Lipinski definition) is 1. The van der Waals surface area contributed by atoms with Gasteiger partial charge in [-0.05, 0) is 55.7 Å². The minimum Gasteiger partial charge on any atom is -0.372 e. The van der Waals surface area contributed by atoms with Crippen LogP contribution < -0.4 is 4.90 Å². The summed E-state index contributed by atoms with van der Waals surface area (Å²) in [6, 6.07) is 9.31. The second kappa shape index (κ2) is 6.09. The van der Waals surface area contributed by atoms with Crippen molar-refractivity contribution in [2.75, 3.05) is 18.0 Å². The molecule has 0 spiro atoms. The lowest BCUT2D eigenvalue weighted by Gasteiger charge is -2.29. The fourth-order valence-electron chi connectivity index (χ4n) is 2.87. The molecule has 0 radical (unpaired) electrons. The van der Waals surface area contributed by atoms with Crippen molar-refractivity contribution < 1.29 is 0 Å². The van der Waals surface area contributed by atoms with Crippen molar-refractivity contribution in [3.8, 4) is 0 Å². The number of piperidine rings is 1. The summed E-state index contributed by atoms with van der Waals surface area (Å²) in [5, 5.41) is 0. The molecule has 0 bridgehead atoms. The fourth-order valence-corrected chi connectivity index (χ4v) is 2.87. The van der Waals surface area contributed by atoms with Gasteiger partial charge >= 0.3 is 0 Å². The van der Waals surface area contributed by atoms with Crippen LogP contribution in [0.25, 0.3) is 0 Å². The molecule has 2 rings (SSSR count). The van der Waals surface area contributed by atoms with Gasteiger partial charge in [-0.3, -0.25) is 0 Å². The Morgan fingerprint density at radius 1 is 0.941 bits per heavy atom. The third-order valence-electron chi connectivity index (χ3n) is 4.07. The minimum absolute atomic E-state index is 0.741. The highest BCUT2D eigenvalue weighted by atomic mass is 15.1. The van der Waals surface area contributed by atoms with Crippen LogP contribution in [-0.4, -0.2) is 13.1 Å². The van der Waals surface area contributed by atoms with E-state index in [9.17, 15) is 0 Å². The number of rotatable bonds is 4. The smallest absolute Gasteiger partial charge is 0.0366 e. The van der Waals surface area contributed by atoms with Gasteiger partial charge in [-0.1, -0.05) is 26.0 Å². The van der Waals surface area contributed by atoms with E-state index < -0.39 is 0 Å². The molecule has 0 aliphatic carbocycles. The van der Waals surface area contributed by atoms with Crippen molar-refractivity contribution in [2.45, 2.75) is 51.9 Å². The van der Waals surface area contributed by atoms with E-state index in [1.807, 2.05) is 0 Å². The first-order valence-electron chi connectivity index (χ1n) is 7.20. The quantitative estimate of drug-likeness (QED) is 0.733. The molecular weight excluding hydrogens is 206 g/mol. The molecule has 0 saturated carbocycles. The summed E-state index contributed by atoms with van der Waals surface area (Å²) in [6.07, 6.45) is 6.62. The Morgan fingerprint density at radius 3 is 2.06 bits per heavy atom. The van der Waals surface area contributed by atoms with Crippen LogP contribution in [-0.2, 0) is 0 Å². The molecule has 0 atom stereocenters. The summed E-state index contributed by atoms with van der Waals surface area (Å²) in [4.78, 5) is 2.53. The number of nitrogens with zero attached hydrogens (tertiary/aromatic N) is 1. The molecule has 1 fully saturated rings. The SMILES string of the molecule is CCC(CC)c1ccc(N2CCCCC2)cc1. The van der Waals surface area contributed by atoms with E-state index in [0.717, 1.165) is 5.92 Å². The normalized spacial score (nSPS) is 16.5. The molecule has 17 heavy (non-hydrogen) atoms. The summed E-state index contributed by atoms with van der Waals surface area (Å²) in [6.45, 7) is 7.05. The first-order valence-corrected chi connectivity index (χ1v) is 7.20. The van der Waals surface area contributed by atoms with E-state index in [0.29, 0.717) is 0 Å². The Kier molecular flexibility index (Phi) is 4.47. The highest BCUT2D eigenvalue weighted by Gasteiger charge is 2.11. The molecule has 1 aliphatic heterocycles. The second-order valence-corrected chi connectivity index (χ2v) is 5.15. The van der Waals surface area contributed by atoms with E-state index in [-0.39, 0.29) is 0 Å². The van der Waals surface area contributed by atoms with Crippen molar-refractivity contribution in [2.24, 2.45) is 0 Å². The van der Waals surface area contributed by atoms with E-state index >= 15 is 0 Å². The Morgan fingerprint density at radius 2 is 1.53 bits per heavy atom. The second-order valence-electron chi connectivity index (χ2n) is 5.15. The van der Waals surface area contributed by atoms with Crippen LogP contribution in [0.3, 0.4) is 0 Å². The molecule has 0 unspecified atom stereocenters. The number of hydrogen-bond donors (Lipinski definition) is 0. The molecule has 1 aliphatic rings. The van der Waals surface area contributed by atoms with Gasteiger partial charge in [0, 0.05) is 18.8 Å². The summed E-state index contributed by atoms with van der Waals surface area (Å²) < 4.78 is 0. The molecule has 1 heteroatoms. The first-order chi connectivity index (χ1) is 8.35. The maximum absolute atomic E-state index is 2.53. The minimum atomic E-state index is 0.741. The number of anilines is 1. The third kappa shape index (κ3) is 3.02. The zero-order valence-corrected chi connectivity index (χ0v) is 11.3. The summed E-state index contributed by atoms with van der Waals surface area (Å²) >= 11 is 0. The highest BCUT2D eigenvalue weighted by Crippen LogP contribution is 2.26. The Balaban J connectivity index is 2.06. The van der Waals surface area contributed by atoms with Gasteiger partial charge in [-0.25, -0.2) is 0 Å². The van der Waals surface area contributed by atoms with Crippen molar-refractivity contribution in [3.05, 3.63) is 29.8 Å². The lowest BCUT2D eigenvalue weighted by molar-refractivity contribution is 0.577. The molecule has 1 nitrogen and oxygen atoms in total. The number of benzene rings is 1. The monoisotopic (exact) mass is 231 g/mol. The average molecular weight is 231 g/mol. The Labute approximate surface area is 106 Å². The van der Waals surface area contributed by atoms with Crippen molar-refractivity contribution in [3.63, 3.8) is 0 Å². The lowest BCUT2D eigenvalue weighted by Crippen LogP contribution is -2.29. The zero-order valence-electron chi connectivity index (χ0n) is 11.3. The predicted octanol–water partition coefficient (Wildman–Crippen LogP) is 4.58. The molecule has 1 heterocycles. The van der Waals surface area contributed by atoms with Crippen LogP contribution in [0.4, 0.5) is 5.69 Å². The lowest BCUT2D eigenvalue weighted by atomic mass is 9.94. The van der Waals surface area contributed by atoms with Crippen LogP contribution >= 0.6 is 0 Å². The van der Waals surface area contributed by atoms with Gasteiger partial charge in [0.15, 0.2) is 0 Å². The Hall–Kier alpha value is -0.980. The van der Waals surface area contributed by atoms with Crippen LogP contribution in [0.2, 0.25) is 0 Å². The van der Waals surface area contributed by atoms with Crippen molar-refractivity contribution >= 4 is 5.69 Å². The van der Waals surface area contributed by atoms with Gasteiger partial charge in [-0.2, -0.15) is 0 Å². The van der Waals surface area contributed by atoms with E-state index in [1.54, 1.807) is 0 Å². The standard InChI is InChI=1S/C16H25N/c1-3-14(4-2)15-8-10-16(11-9-15)17-12-6-5-7-13-17/h8-11,14H,3-7,12-13H2,1-2H3. The molecule has 1 aromatic carbocycles. The van der Waals surface area contributed by atoms with Crippen LogP contribution in [0.1, 0.15) is 57.4 Å². The molecule has 1 saturated heterocycles. The van der Waals surface area contributed by atoms with E-state index in [2.05, 4.69) is 43.0 Å². The van der Waals surface area contributed by atoms with Crippen LogP contribution in [0.5, 0.6) is 0 Å². The van der Waals surface area contributed by atoms with Gasteiger partial charge in [0.25, 0.3) is 0 Å². The zero-order chi connectivity index (χ0) is 12.1.